The maximum atomic E-state index is 14.4. The monoisotopic (exact) mass is 783 g/mol. The van der Waals surface area contributed by atoms with Crippen molar-refractivity contribution in [3.63, 3.8) is 0 Å². The molecule has 1 aliphatic heterocycles. The number of likely N-dealkylation sites (N-methyl/N-ethyl adjacent to an activating group) is 1. The minimum Gasteiger partial charge on any atom is -0.324 e. The molecule has 0 bridgehead atoms. The lowest BCUT2D eigenvalue weighted by Crippen LogP contribution is -2.30. The molecule has 0 saturated carbocycles. The fourth-order valence-corrected chi connectivity index (χ4v) is 8.60. The zero-order chi connectivity index (χ0) is 38.3. The minimum atomic E-state index is -5.16. The van der Waals surface area contributed by atoms with Gasteiger partial charge in [0.15, 0.2) is 15.6 Å². The van der Waals surface area contributed by atoms with E-state index in [9.17, 15) is 48.3 Å². The van der Waals surface area contributed by atoms with Crippen LogP contribution in [0, 0.1) is 0 Å². The first-order valence-electron chi connectivity index (χ1n) is 15.8. The molecule has 3 aromatic carbocycles. The number of hydrogen-bond donors (Lipinski definition) is 1. The van der Waals surface area contributed by atoms with Gasteiger partial charge in [0, 0.05) is 52.5 Å². The van der Waals surface area contributed by atoms with Gasteiger partial charge in [0.05, 0.1) is 17.0 Å². The second-order valence-electron chi connectivity index (χ2n) is 12.4. The van der Waals surface area contributed by atoms with Crippen molar-refractivity contribution in [3.8, 4) is 11.1 Å². The number of sulfone groups is 1. The molecule has 53 heavy (non-hydrogen) atoms. The van der Waals surface area contributed by atoms with Gasteiger partial charge in [-0.1, -0.05) is 36.4 Å². The Bertz CT molecular complexity index is 2320. The molecule has 8 nitrogen and oxygen atoms in total. The normalized spacial score (nSPS) is 16.0. The number of anilines is 2. The SMILES string of the molecule is CN1CCSC(c2ccc(Nc3ncc4cc(-c5ccc(S(=O)(=O)CC(F)(F)F)cc5C(F)F)c(=O)n(Cc5ccccc5C(F)(F)F)c4n3)cc2)C1. The minimum absolute atomic E-state index is 0.0328. The van der Waals surface area contributed by atoms with Gasteiger partial charge in [-0.2, -0.15) is 43.1 Å². The smallest absolute Gasteiger partial charge is 0.324 e. The lowest BCUT2D eigenvalue weighted by molar-refractivity contribution is -0.138. The van der Waals surface area contributed by atoms with E-state index in [-0.39, 0.29) is 27.8 Å². The fraction of sp³-hybridized carbons (Fsp3) is 0.286. The van der Waals surface area contributed by atoms with Gasteiger partial charge in [-0.15, -0.1) is 0 Å². The highest BCUT2D eigenvalue weighted by atomic mass is 32.2. The second-order valence-corrected chi connectivity index (χ2v) is 15.7. The van der Waals surface area contributed by atoms with E-state index in [0.717, 1.165) is 59.3 Å². The van der Waals surface area contributed by atoms with Crippen molar-refractivity contribution in [1.82, 2.24) is 19.4 Å². The summed E-state index contributed by atoms with van der Waals surface area (Å²) in [5, 5.41) is 3.33. The molecule has 5 aromatic rings. The summed E-state index contributed by atoms with van der Waals surface area (Å²) in [6.07, 6.45) is -12.2. The molecule has 280 valence electrons. The van der Waals surface area contributed by atoms with E-state index in [1.807, 2.05) is 30.9 Å². The fourth-order valence-electron chi connectivity index (χ4n) is 6.01. The molecule has 0 radical (unpaired) electrons. The van der Waals surface area contributed by atoms with Crippen LogP contribution in [0.5, 0.6) is 0 Å². The molecule has 0 aliphatic carbocycles. The Kier molecular flexibility index (Phi) is 10.6. The molecule has 6 rings (SSSR count). The third-order valence-electron chi connectivity index (χ3n) is 8.55. The number of alkyl halides is 8. The molecule has 1 N–H and O–H groups in total. The zero-order valence-electron chi connectivity index (χ0n) is 27.5. The van der Waals surface area contributed by atoms with Crippen LogP contribution in [0.4, 0.5) is 46.8 Å². The standard InChI is InChI=1S/C35H29F8N5O3S2/c1-47-12-13-52-29(18-47)20-6-8-23(9-7-20)45-33-44-16-22-14-27(25-11-10-24(15-26(25)30(36)37)53(50,51)19-34(38,39)40)32(49)48(31(22)46-33)17-21-4-2-3-5-28(21)35(41,42)43/h2-11,14-16,29-30H,12-13,17-19H2,1H3,(H,44,45,46). The van der Waals surface area contributed by atoms with Crippen LogP contribution in [0.15, 0.2) is 88.7 Å². The predicted molar refractivity (Wildman–Crippen MR) is 185 cm³/mol. The molecule has 3 heterocycles. The molecular weight excluding hydrogens is 755 g/mol. The number of halogens is 8. The van der Waals surface area contributed by atoms with Crippen LogP contribution >= 0.6 is 11.8 Å². The summed E-state index contributed by atoms with van der Waals surface area (Å²) in [7, 11) is -3.06. The molecular formula is C35H29F8N5O3S2. The third-order valence-corrected chi connectivity index (χ3v) is 11.5. The van der Waals surface area contributed by atoms with E-state index in [4.69, 9.17) is 0 Å². The van der Waals surface area contributed by atoms with E-state index < -0.39 is 73.6 Å². The Morgan fingerprint density at radius 2 is 1.68 bits per heavy atom. The summed E-state index contributed by atoms with van der Waals surface area (Å²) in [5.74, 6) is -1.35. The zero-order valence-corrected chi connectivity index (χ0v) is 29.2. The Morgan fingerprint density at radius 1 is 0.962 bits per heavy atom. The first-order chi connectivity index (χ1) is 24.9. The van der Waals surface area contributed by atoms with E-state index in [2.05, 4.69) is 20.2 Å². The maximum absolute atomic E-state index is 14.4. The maximum Gasteiger partial charge on any atom is 0.416 e. The molecule has 2 aromatic heterocycles. The molecule has 1 saturated heterocycles. The highest BCUT2D eigenvalue weighted by molar-refractivity contribution is 7.99. The molecule has 18 heteroatoms. The summed E-state index contributed by atoms with van der Waals surface area (Å²) >= 11 is 1.84. The van der Waals surface area contributed by atoms with Crippen molar-refractivity contribution < 1.29 is 43.5 Å². The van der Waals surface area contributed by atoms with Crippen molar-refractivity contribution in [2.24, 2.45) is 0 Å². The number of hydrogen-bond acceptors (Lipinski definition) is 8. The van der Waals surface area contributed by atoms with Crippen LogP contribution < -0.4 is 10.9 Å². The van der Waals surface area contributed by atoms with Crippen LogP contribution in [-0.2, 0) is 22.6 Å². The summed E-state index contributed by atoms with van der Waals surface area (Å²) in [5.41, 5.74) is -3.09. The molecule has 0 amide bonds. The summed E-state index contributed by atoms with van der Waals surface area (Å²) in [4.78, 5) is 24.0. The van der Waals surface area contributed by atoms with E-state index >= 15 is 0 Å². The molecule has 1 atom stereocenters. The lowest BCUT2D eigenvalue weighted by atomic mass is 9.99. The average Bonchev–Trinajstić information content (AvgIpc) is 3.08. The third kappa shape index (κ3) is 8.65. The number of rotatable bonds is 9. The van der Waals surface area contributed by atoms with Gasteiger partial charge in [-0.25, -0.2) is 22.2 Å². The van der Waals surface area contributed by atoms with Gasteiger partial charge in [0.25, 0.3) is 12.0 Å². The first kappa shape index (κ1) is 38.2. The number of nitrogens with zero attached hydrogens (tertiary/aromatic N) is 4. The lowest BCUT2D eigenvalue weighted by Gasteiger charge is -2.29. The number of nitrogens with one attached hydrogen (secondary N) is 1. The van der Waals surface area contributed by atoms with Gasteiger partial charge in [0.1, 0.15) is 5.65 Å². The van der Waals surface area contributed by atoms with E-state index in [1.165, 1.54) is 12.3 Å². The van der Waals surface area contributed by atoms with Crippen molar-refractivity contribution in [1.29, 1.82) is 0 Å². The van der Waals surface area contributed by atoms with E-state index in [1.54, 1.807) is 12.1 Å². The summed E-state index contributed by atoms with van der Waals surface area (Å²) in [6.45, 7) is 1.14. The number of pyridine rings is 1. The summed E-state index contributed by atoms with van der Waals surface area (Å²) < 4.78 is 135. The van der Waals surface area contributed by atoms with Crippen LogP contribution in [-0.4, -0.2) is 65.7 Å². The molecule has 1 unspecified atom stereocenters. The Morgan fingerprint density at radius 3 is 2.34 bits per heavy atom. The molecule has 1 aliphatic rings. The van der Waals surface area contributed by atoms with Crippen molar-refractivity contribution in [2.45, 2.75) is 35.5 Å². The molecule has 0 spiro atoms. The van der Waals surface area contributed by atoms with Crippen LogP contribution in [0.25, 0.3) is 22.2 Å². The Balaban J connectivity index is 1.46. The first-order valence-corrected chi connectivity index (χ1v) is 18.5. The summed E-state index contributed by atoms with van der Waals surface area (Å²) in [6, 6.07) is 14.8. The van der Waals surface area contributed by atoms with Crippen molar-refractivity contribution in [2.75, 3.05) is 37.0 Å². The quantitative estimate of drug-likeness (QED) is 0.149. The number of aromatic nitrogens is 3. The molecule has 1 fully saturated rings. The van der Waals surface area contributed by atoms with Gasteiger partial charge >= 0.3 is 12.4 Å². The predicted octanol–water partition coefficient (Wildman–Crippen LogP) is 8.26. The topological polar surface area (TPSA) is 97.2 Å². The largest absolute Gasteiger partial charge is 0.416 e. The highest BCUT2D eigenvalue weighted by Gasteiger charge is 2.37. The van der Waals surface area contributed by atoms with Crippen LogP contribution in [0.2, 0.25) is 0 Å². The van der Waals surface area contributed by atoms with Gasteiger partial charge < -0.3 is 10.2 Å². The van der Waals surface area contributed by atoms with Crippen LogP contribution in [0.3, 0.4) is 0 Å². The van der Waals surface area contributed by atoms with E-state index in [0.29, 0.717) is 17.8 Å². The average molecular weight is 784 g/mol. The van der Waals surface area contributed by atoms with Crippen molar-refractivity contribution >= 4 is 44.3 Å². The highest BCUT2D eigenvalue weighted by Crippen LogP contribution is 2.37. The van der Waals surface area contributed by atoms with Crippen LogP contribution in [0.1, 0.15) is 33.9 Å². The van der Waals surface area contributed by atoms with Crippen molar-refractivity contribution in [3.05, 3.63) is 112 Å². The second kappa shape index (κ2) is 14.7. The number of thioether (sulfide) groups is 1. The van der Waals surface area contributed by atoms with Gasteiger partial charge in [-0.05, 0) is 60.1 Å². The Labute approximate surface area is 301 Å². The van der Waals surface area contributed by atoms with Gasteiger partial charge in [-0.3, -0.25) is 9.36 Å². The number of fused-ring (bicyclic) bond motifs is 1. The number of benzene rings is 3. The van der Waals surface area contributed by atoms with Gasteiger partial charge in [0.2, 0.25) is 5.95 Å². The Hall–Kier alpha value is -4.55.